The number of hydrogen-bond acceptors (Lipinski definition) is 2. The molecule has 10 heavy (non-hydrogen) atoms. The van der Waals surface area contributed by atoms with Crippen LogP contribution in [0.15, 0.2) is 11.6 Å². The quantitative estimate of drug-likeness (QED) is 0.575. The number of nitrogens with two attached hydrogens (primary N) is 2. The normalized spacial score (nSPS) is 18.7. The first-order valence-corrected chi connectivity index (χ1v) is 3.72. The van der Waals surface area contributed by atoms with Crippen molar-refractivity contribution in [3.05, 3.63) is 11.6 Å². The molecule has 2 atom stereocenters. The van der Waals surface area contributed by atoms with Gasteiger partial charge in [-0.05, 0) is 19.8 Å². The Morgan fingerprint density at radius 2 is 2.10 bits per heavy atom. The Morgan fingerprint density at radius 3 is 2.40 bits per heavy atom. The summed E-state index contributed by atoms with van der Waals surface area (Å²) in [7, 11) is 0. The van der Waals surface area contributed by atoms with E-state index in [9.17, 15) is 0 Å². The first-order valence-electron chi connectivity index (χ1n) is 3.72. The maximum absolute atomic E-state index is 5.73. The highest BCUT2D eigenvalue weighted by atomic mass is 14.7. The third kappa shape index (κ3) is 2.50. The van der Waals surface area contributed by atoms with E-state index in [4.69, 9.17) is 11.5 Å². The molecule has 0 radical (unpaired) electrons. The van der Waals surface area contributed by atoms with E-state index in [1.54, 1.807) is 0 Å². The Balaban J connectivity index is 3.94. The van der Waals surface area contributed by atoms with Gasteiger partial charge in [0.05, 0.1) is 0 Å². The van der Waals surface area contributed by atoms with Crippen molar-refractivity contribution in [3.8, 4) is 0 Å². The predicted octanol–water partition coefficient (Wildman–Crippen LogP) is 0.875. The van der Waals surface area contributed by atoms with E-state index in [0.717, 1.165) is 0 Å². The minimum Gasteiger partial charge on any atom is -0.329 e. The van der Waals surface area contributed by atoms with Crippen molar-refractivity contribution in [2.45, 2.75) is 26.8 Å². The molecule has 0 fully saturated rings. The molecule has 0 rings (SSSR count). The van der Waals surface area contributed by atoms with Gasteiger partial charge in [-0.15, -0.1) is 0 Å². The lowest BCUT2D eigenvalue weighted by Crippen LogP contribution is -2.36. The summed E-state index contributed by atoms with van der Waals surface area (Å²) in [6.45, 7) is 6.77. The fraction of sp³-hybridized carbons (Fsp3) is 0.750. The van der Waals surface area contributed by atoms with Crippen LogP contribution in [0.4, 0.5) is 0 Å². The summed E-state index contributed by atoms with van der Waals surface area (Å²) in [4.78, 5) is 0. The van der Waals surface area contributed by atoms with Crippen molar-refractivity contribution in [1.29, 1.82) is 0 Å². The fourth-order valence-corrected chi connectivity index (χ4v) is 0.805. The minimum atomic E-state index is 0.108. The van der Waals surface area contributed by atoms with Crippen molar-refractivity contribution in [3.63, 3.8) is 0 Å². The zero-order valence-corrected chi connectivity index (χ0v) is 7.09. The van der Waals surface area contributed by atoms with Crippen LogP contribution in [0.5, 0.6) is 0 Å². The minimum absolute atomic E-state index is 0.108. The van der Waals surface area contributed by atoms with Gasteiger partial charge in [0.25, 0.3) is 0 Å². The van der Waals surface area contributed by atoms with Crippen LogP contribution in [0.1, 0.15) is 20.8 Å². The highest BCUT2D eigenvalue weighted by Crippen LogP contribution is 2.11. The van der Waals surface area contributed by atoms with Crippen LogP contribution in [-0.2, 0) is 0 Å². The highest BCUT2D eigenvalue weighted by Gasteiger charge is 2.10. The van der Waals surface area contributed by atoms with Crippen LogP contribution in [-0.4, -0.2) is 12.6 Å². The first-order chi connectivity index (χ1) is 4.63. The second kappa shape index (κ2) is 4.47. The Labute approximate surface area is 63.3 Å². The van der Waals surface area contributed by atoms with Crippen LogP contribution < -0.4 is 11.5 Å². The molecule has 0 aromatic rings. The second-order valence-corrected chi connectivity index (χ2v) is 2.72. The molecule has 0 spiro atoms. The molecule has 0 aliphatic heterocycles. The smallest absolute Gasteiger partial charge is 0.0226 e. The molecule has 0 aromatic carbocycles. The lowest BCUT2D eigenvalue weighted by molar-refractivity contribution is 0.523. The molecule has 2 unspecified atom stereocenters. The molecule has 0 aliphatic rings. The van der Waals surface area contributed by atoms with Crippen molar-refractivity contribution < 1.29 is 0 Å². The maximum Gasteiger partial charge on any atom is 0.0226 e. The molecule has 0 aliphatic carbocycles. The average molecular weight is 142 g/mol. The van der Waals surface area contributed by atoms with E-state index in [0.29, 0.717) is 12.5 Å². The Kier molecular flexibility index (Phi) is 4.32. The van der Waals surface area contributed by atoms with Crippen LogP contribution >= 0.6 is 0 Å². The Hall–Kier alpha value is -0.340. The van der Waals surface area contributed by atoms with Crippen molar-refractivity contribution in [2.24, 2.45) is 17.4 Å². The van der Waals surface area contributed by atoms with E-state index in [-0.39, 0.29) is 6.04 Å². The summed E-state index contributed by atoms with van der Waals surface area (Å²) in [5.74, 6) is 0.412. The van der Waals surface area contributed by atoms with E-state index >= 15 is 0 Å². The number of rotatable bonds is 3. The zero-order valence-electron chi connectivity index (χ0n) is 7.09. The molecular formula is C8H18N2. The van der Waals surface area contributed by atoms with Gasteiger partial charge in [-0.1, -0.05) is 18.6 Å². The second-order valence-electron chi connectivity index (χ2n) is 2.72. The molecule has 0 bridgehead atoms. The van der Waals surface area contributed by atoms with E-state index < -0.39 is 0 Å². The third-order valence-electron chi connectivity index (χ3n) is 2.09. The summed E-state index contributed by atoms with van der Waals surface area (Å²) in [6, 6.07) is 0.108. The molecule has 0 saturated carbocycles. The lowest BCUT2D eigenvalue weighted by atomic mass is 9.95. The molecule has 0 heterocycles. The van der Waals surface area contributed by atoms with Gasteiger partial charge >= 0.3 is 0 Å². The topological polar surface area (TPSA) is 52.0 Å². The SMILES string of the molecule is C/C=C(/C)C(C)C(N)CN. The Morgan fingerprint density at radius 1 is 1.60 bits per heavy atom. The summed E-state index contributed by atoms with van der Waals surface area (Å²) in [6.07, 6.45) is 2.08. The number of allylic oxidation sites excluding steroid dienone is 1. The molecule has 0 amide bonds. The molecule has 2 nitrogen and oxygen atoms in total. The van der Waals surface area contributed by atoms with Gasteiger partial charge in [-0.3, -0.25) is 0 Å². The van der Waals surface area contributed by atoms with Gasteiger partial charge in [0.1, 0.15) is 0 Å². The van der Waals surface area contributed by atoms with Crippen LogP contribution in [0.25, 0.3) is 0 Å². The van der Waals surface area contributed by atoms with Gasteiger partial charge in [-0.25, -0.2) is 0 Å². The average Bonchev–Trinajstić information content (AvgIpc) is 2.00. The Bertz CT molecular complexity index is 118. The summed E-state index contributed by atoms with van der Waals surface area (Å²) in [5, 5.41) is 0. The summed E-state index contributed by atoms with van der Waals surface area (Å²) < 4.78 is 0. The van der Waals surface area contributed by atoms with Gasteiger partial charge in [0.2, 0.25) is 0 Å². The molecule has 0 saturated heterocycles. The van der Waals surface area contributed by atoms with E-state index in [1.165, 1.54) is 5.57 Å². The standard InChI is InChI=1S/C8H18N2/c1-4-6(2)7(3)8(10)5-9/h4,7-8H,5,9-10H2,1-3H3/b6-4-. The number of hydrogen-bond donors (Lipinski definition) is 2. The first kappa shape index (κ1) is 9.66. The zero-order chi connectivity index (χ0) is 8.15. The van der Waals surface area contributed by atoms with Crippen LogP contribution in [0, 0.1) is 5.92 Å². The van der Waals surface area contributed by atoms with Gasteiger partial charge < -0.3 is 11.5 Å². The molecule has 0 aromatic heterocycles. The maximum atomic E-state index is 5.73. The molecule has 60 valence electrons. The van der Waals surface area contributed by atoms with Crippen LogP contribution in [0.2, 0.25) is 0 Å². The lowest BCUT2D eigenvalue weighted by Gasteiger charge is -2.18. The molecule has 4 N–H and O–H groups in total. The summed E-state index contributed by atoms with van der Waals surface area (Å²) >= 11 is 0. The third-order valence-corrected chi connectivity index (χ3v) is 2.09. The van der Waals surface area contributed by atoms with Gasteiger partial charge in [0.15, 0.2) is 0 Å². The predicted molar refractivity (Wildman–Crippen MR) is 45.6 cm³/mol. The van der Waals surface area contributed by atoms with Gasteiger partial charge in [-0.2, -0.15) is 0 Å². The fourth-order valence-electron chi connectivity index (χ4n) is 0.805. The molecule has 2 heteroatoms. The van der Waals surface area contributed by atoms with E-state index in [1.807, 2.05) is 6.92 Å². The van der Waals surface area contributed by atoms with Crippen molar-refractivity contribution in [2.75, 3.05) is 6.54 Å². The monoisotopic (exact) mass is 142 g/mol. The van der Waals surface area contributed by atoms with Crippen LogP contribution in [0.3, 0.4) is 0 Å². The highest BCUT2D eigenvalue weighted by molar-refractivity contribution is 5.03. The van der Waals surface area contributed by atoms with E-state index in [2.05, 4.69) is 19.9 Å². The van der Waals surface area contributed by atoms with Crippen molar-refractivity contribution >= 4 is 0 Å². The summed E-state index contributed by atoms with van der Waals surface area (Å²) in [5.41, 5.74) is 12.5. The van der Waals surface area contributed by atoms with Crippen molar-refractivity contribution in [1.82, 2.24) is 0 Å². The largest absolute Gasteiger partial charge is 0.329 e. The molecular weight excluding hydrogens is 124 g/mol. The van der Waals surface area contributed by atoms with Gasteiger partial charge in [0, 0.05) is 12.6 Å².